The van der Waals surface area contributed by atoms with Crippen LogP contribution in [0.25, 0.3) is 32.9 Å². The minimum absolute atomic E-state index is 0.00449. The fourth-order valence-electron chi connectivity index (χ4n) is 10.4. The summed E-state index contributed by atoms with van der Waals surface area (Å²) in [5.74, 6) is -6.93. The van der Waals surface area contributed by atoms with Crippen molar-refractivity contribution >= 4 is 33.6 Å². The van der Waals surface area contributed by atoms with Crippen molar-refractivity contribution in [1.82, 2.24) is 24.8 Å². The molecule has 0 aliphatic carbocycles. The molecule has 7 heterocycles. The average molecular weight is 821 g/mol. The molecule has 4 saturated heterocycles. The second-order valence-electron chi connectivity index (χ2n) is 17.6. The number of terminal acetylenes is 1. The SMILES string of the molecule is C#Cc1c(F)c(F)cc2cc(OCOC)cc(-c3nc4c5c(nc(OCC67CCCN6CCC7)nc5c3F)N3C[C@@]5(F)CC[C@@](F)([C@@H]3[C@@H](C)C4)N5C(=O)OC(C)(C)C)c12. The molecule has 0 spiro atoms. The highest BCUT2D eigenvalue weighted by molar-refractivity contribution is 6.04. The van der Waals surface area contributed by atoms with E-state index >= 15 is 17.6 Å². The quantitative estimate of drug-likeness (QED) is 0.0790. The first kappa shape index (κ1) is 39.5. The Labute approximate surface area is 338 Å². The highest BCUT2D eigenvalue weighted by Gasteiger charge is 2.70. The van der Waals surface area contributed by atoms with E-state index in [1.54, 1.807) is 27.7 Å². The number of fused-ring (bicyclic) bond motifs is 7. The first-order chi connectivity index (χ1) is 28.0. The number of carbonyl (C=O) groups is 1. The molecule has 5 aliphatic rings. The number of ether oxygens (including phenoxy) is 4. The summed E-state index contributed by atoms with van der Waals surface area (Å²) in [4.78, 5) is 32.4. The molecule has 0 unspecified atom stereocenters. The number of aromatic nitrogens is 3. The molecule has 0 saturated carbocycles. The molecule has 11 nitrogen and oxygen atoms in total. The molecule has 5 aliphatic heterocycles. The van der Waals surface area contributed by atoms with Gasteiger partial charge in [0.1, 0.15) is 35.0 Å². The Morgan fingerprint density at radius 2 is 1.73 bits per heavy atom. The van der Waals surface area contributed by atoms with E-state index in [1.165, 1.54) is 24.1 Å². The normalized spacial score (nSPS) is 25.8. The lowest BCUT2D eigenvalue weighted by atomic mass is 9.86. The Hall–Kier alpha value is -5.01. The summed E-state index contributed by atoms with van der Waals surface area (Å²) >= 11 is 0. The molecule has 9 rings (SSSR count). The van der Waals surface area contributed by atoms with Crippen LogP contribution in [0.15, 0.2) is 18.2 Å². The second kappa shape index (κ2) is 13.8. The van der Waals surface area contributed by atoms with Gasteiger partial charge in [-0.1, -0.05) is 12.8 Å². The van der Waals surface area contributed by atoms with Crippen LogP contribution in [0, 0.1) is 35.7 Å². The minimum atomic E-state index is -2.57. The number of rotatable bonds is 7. The number of nitrogens with zero attached hydrogens (tertiary/aromatic N) is 6. The molecule has 4 atom stereocenters. The van der Waals surface area contributed by atoms with Gasteiger partial charge in [0, 0.05) is 30.9 Å². The zero-order valence-corrected chi connectivity index (χ0v) is 33.6. The number of piperazine rings is 1. The van der Waals surface area contributed by atoms with Gasteiger partial charge < -0.3 is 23.8 Å². The van der Waals surface area contributed by atoms with Crippen LogP contribution in [-0.4, -0.2) is 99.8 Å². The molecular formula is C43H45F5N6O5. The number of hydrogen-bond donors (Lipinski definition) is 0. The first-order valence-corrected chi connectivity index (χ1v) is 20.0. The van der Waals surface area contributed by atoms with Crippen LogP contribution in [0.2, 0.25) is 0 Å². The van der Waals surface area contributed by atoms with Crippen molar-refractivity contribution in [3.05, 3.63) is 46.9 Å². The van der Waals surface area contributed by atoms with Gasteiger partial charge in [0.25, 0.3) is 0 Å². The van der Waals surface area contributed by atoms with Crippen LogP contribution in [-0.2, 0) is 15.9 Å². The Morgan fingerprint density at radius 1 is 0.983 bits per heavy atom. The Balaban J connectivity index is 1.27. The molecule has 2 aromatic carbocycles. The van der Waals surface area contributed by atoms with E-state index in [4.69, 9.17) is 35.3 Å². The number of methoxy groups -OCH3 is 1. The number of anilines is 1. The topological polar surface area (TPSA) is 102 Å². The van der Waals surface area contributed by atoms with Gasteiger partial charge in [-0.3, -0.25) is 4.90 Å². The molecule has 0 N–H and O–H groups in total. The maximum absolute atomic E-state index is 18.0. The predicted octanol–water partition coefficient (Wildman–Crippen LogP) is 7.98. The fraction of sp³-hybridized carbons (Fsp3) is 0.535. The van der Waals surface area contributed by atoms with Crippen LogP contribution < -0.4 is 14.4 Å². The van der Waals surface area contributed by atoms with Crippen LogP contribution in [0.4, 0.5) is 32.6 Å². The minimum Gasteiger partial charge on any atom is -0.468 e. The molecule has 0 radical (unpaired) electrons. The number of alkyl halides is 2. The van der Waals surface area contributed by atoms with Crippen molar-refractivity contribution in [2.45, 2.75) is 101 Å². The lowest BCUT2D eigenvalue weighted by molar-refractivity contribution is -0.139. The molecule has 312 valence electrons. The van der Waals surface area contributed by atoms with Gasteiger partial charge >= 0.3 is 12.1 Å². The van der Waals surface area contributed by atoms with Gasteiger partial charge in [0.05, 0.1) is 34.8 Å². The average Bonchev–Trinajstić information content (AvgIpc) is 3.79. The van der Waals surface area contributed by atoms with Gasteiger partial charge in [-0.2, -0.15) is 9.97 Å². The number of carbonyl (C=O) groups excluding carboxylic acids is 1. The first-order valence-electron chi connectivity index (χ1n) is 20.0. The molecule has 1 amide bonds. The van der Waals surface area contributed by atoms with Crippen molar-refractivity contribution in [2.75, 3.05) is 45.0 Å². The third-order valence-electron chi connectivity index (χ3n) is 12.7. The standard InChI is InChI=1S/C43H45F5N6O5/c1-7-26-30-24(18-28(44)32(26)45)17-25(58-22-56-6)19-27(30)34-33(46)35-31-29(49-34)16-23(2)36-43(48)13-12-42(47,54(43)39(55)59-40(3,4)5)20-53(36)37(31)51-38(50-35)57-21-41-10-8-14-52(41)15-9-11-41/h1,17-19,23,36H,8-16,20-22H2,2-6H3/t23-,36-,42+,43-/m0/s1. The van der Waals surface area contributed by atoms with Gasteiger partial charge in [0.15, 0.2) is 24.2 Å². The number of pyridine rings is 1. The van der Waals surface area contributed by atoms with Gasteiger partial charge in [-0.15, -0.1) is 6.42 Å². The van der Waals surface area contributed by atoms with E-state index < -0.39 is 64.8 Å². The van der Waals surface area contributed by atoms with Crippen molar-refractivity contribution in [3.63, 3.8) is 0 Å². The van der Waals surface area contributed by atoms with Crippen molar-refractivity contribution < 1.29 is 45.7 Å². The van der Waals surface area contributed by atoms with E-state index in [1.807, 2.05) is 0 Å². The van der Waals surface area contributed by atoms with E-state index in [2.05, 4.69) is 15.8 Å². The molecule has 59 heavy (non-hydrogen) atoms. The van der Waals surface area contributed by atoms with Crippen LogP contribution in [0.3, 0.4) is 0 Å². The lowest BCUT2D eigenvalue weighted by Gasteiger charge is -2.53. The number of benzene rings is 2. The number of amides is 1. The molecule has 16 heteroatoms. The van der Waals surface area contributed by atoms with Crippen LogP contribution in [0.1, 0.15) is 77.5 Å². The molecular weight excluding hydrogens is 776 g/mol. The molecule has 2 bridgehead atoms. The molecule has 2 aromatic heterocycles. The maximum Gasteiger partial charge on any atom is 0.415 e. The largest absolute Gasteiger partial charge is 0.468 e. The smallest absolute Gasteiger partial charge is 0.415 e. The summed E-state index contributed by atoms with van der Waals surface area (Å²) in [7, 11) is 1.40. The highest BCUT2D eigenvalue weighted by Crippen LogP contribution is 2.56. The van der Waals surface area contributed by atoms with Crippen LogP contribution >= 0.6 is 0 Å². The molecule has 4 fully saturated rings. The van der Waals surface area contributed by atoms with Crippen LogP contribution in [0.5, 0.6) is 11.8 Å². The summed E-state index contributed by atoms with van der Waals surface area (Å²) in [6, 6.07) is 2.36. The number of halogens is 5. The van der Waals surface area contributed by atoms with Gasteiger partial charge in [-0.25, -0.2) is 36.6 Å². The Bertz CT molecular complexity index is 2450. The van der Waals surface area contributed by atoms with E-state index in [0.29, 0.717) is 4.90 Å². The highest BCUT2D eigenvalue weighted by atomic mass is 19.2. The zero-order chi connectivity index (χ0) is 41.8. The van der Waals surface area contributed by atoms with E-state index in [9.17, 15) is 9.18 Å². The third-order valence-corrected chi connectivity index (χ3v) is 12.7. The Morgan fingerprint density at radius 3 is 2.42 bits per heavy atom. The Kier molecular flexibility index (Phi) is 9.21. The zero-order valence-electron chi connectivity index (χ0n) is 33.6. The monoisotopic (exact) mass is 820 g/mol. The van der Waals surface area contributed by atoms with Crippen molar-refractivity contribution in [3.8, 4) is 35.4 Å². The second-order valence-corrected chi connectivity index (χ2v) is 17.6. The van der Waals surface area contributed by atoms with Gasteiger partial charge in [-0.05, 0) is 95.5 Å². The summed E-state index contributed by atoms with van der Waals surface area (Å²) < 4.78 is 106. The summed E-state index contributed by atoms with van der Waals surface area (Å²) in [5.41, 5.74) is -2.13. The maximum atomic E-state index is 18.0. The predicted molar refractivity (Wildman–Crippen MR) is 208 cm³/mol. The summed E-state index contributed by atoms with van der Waals surface area (Å²) in [5, 5.41) is 0.207. The lowest BCUT2D eigenvalue weighted by Crippen LogP contribution is -2.72. The number of hydrogen-bond acceptors (Lipinski definition) is 10. The summed E-state index contributed by atoms with van der Waals surface area (Å²) in [6.07, 6.45) is 7.77. The van der Waals surface area contributed by atoms with E-state index in [-0.39, 0.29) is 94.4 Å². The van der Waals surface area contributed by atoms with E-state index in [0.717, 1.165) is 44.8 Å². The fourth-order valence-corrected chi connectivity index (χ4v) is 10.4. The van der Waals surface area contributed by atoms with Crippen molar-refractivity contribution in [2.24, 2.45) is 5.92 Å². The summed E-state index contributed by atoms with van der Waals surface area (Å²) in [6.45, 7) is 7.94. The van der Waals surface area contributed by atoms with Gasteiger partial charge in [0.2, 0.25) is 11.6 Å². The van der Waals surface area contributed by atoms with Crippen molar-refractivity contribution in [1.29, 1.82) is 0 Å². The third kappa shape index (κ3) is 6.12. The molecule has 4 aromatic rings.